The van der Waals surface area contributed by atoms with Gasteiger partial charge in [-0.1, -0.05) is 35.5 Å². The van der Waals surface area contributed by atoms with Crippen LogP contribution in [0.1, 0.15) is 83.9 Å². The number of amides is 4. The van der Waals surface area contributed by atoms with E-state index in [2.05, 4.69) is 15.8 Å². The number of hydroxylamine groups is 2. The van der Waals surface area contributed by atoms with E-state index in [1.54, 1.807) is 58.6 Å². The molecule has 3 fully saturated rings. The average molecular weight is 613 g/mol. The Labute approximate surface area is 258 Å². The number of fused-ring (bicyclic) bond motifs is 3. The number of piperidine rings is 1. The van der Waals surface area contributed by atoms with Gasteiger partial charge in [0, 0.05) is 12.6 Å². The molecule has 5 rings (SSSR count). The smallest absolute Gasteiger partial charge is 0.410 e. The quantitative estimate of drug-likeness (QED) is 0.379. The number of nitrogens with zero attached hydrogens (tertiary/aromatic N) is 4. The first kappa shape index (κ1) is 31.6. The van der Waals surface area contributed by atoms with Crippen molar-refractivity contribution in [1.29, 1.82) is 0 Å². The second-order valence-electron chi connectivity index (χ2n) is 13.9. The van der Waals surface area contributed by atoms with Crippen LogP contribution in [0.5, 0.6) is 0 Å². The van der Waals surface area contributed by atoms with Crippen molar-refractivity contribution in [2.24, 2.45) is 5.41 Å². The van der Waals surface area contributed by atoms with Gasteiger partial charge in [0.1, 0.15) is 23.5 Å². The average Bonchev–Trinajstić information content (AvgIpc) is 3.41. The molecule has 44 heavy (non-hydrogen) atoms. The predicted octanol–water partition coefficient (Wildman–Crippen LogP) is 4.90. The molecule has 0 radical (unpaired) electrons. The standard InChI is InChI=1S/C31H44N6O7/c1-29(2,3)42-26(38)32-25(33-27(39)43-30(4,5)6)35(7)17-21-15-22(34-44-21)23-16-31(13-14-31)24-18-36(23)28(40)37(24)41-19-20-11-9-8-10-12-20/h8-12,15,23-25H,13-14,16-19H2,1-7H3,(H,32,38)(H,33,39)/t23-,24+/m0/s1. The van der Waals surface area contributed by atoms with Crippen LogP contribution in [0.3, 0.4) is 0 Å². The van der Waals surface area contributed by atoms with Crippen molar-refractivity contribution < 1.29 is 33.2 Å². The number of carbonyl (C=O) groups excluding carboxylic acids is 3. The third-order valence-corrected chi connectivity index (χ3v) is 7.95. The van der Waals surface area contributed by atoms with Crippen LogP contribution >= 0.6 is 0 Å². The van der Waals surface area contributed by atoms with E-state index in [-0.39, 0.29) is 30.1 Å². The minimum atomic E-state index is -0.978. The molecule has 2 atom stereocenters. The lowest BCUT2D eigenvalue weighted by Crippen LogP contribution is -2.58. The Kier molecular flexibility index (Phi) is 8.56. The summed E-state index contributed by atoms with van der Waals surface area (Å²) in [5, 5.41) is 11.3. The largest absolute Gasteiger partial charge is 0.444 e. The lowest BCUT2D eigenvalue weighted by molar-refractivity contribution is -0.153. The molecule has 2 bridgehead atoms. The third-order valence-electron chi connectivity index (χ3n) is 7.95. The number of rotatable bonds is 9. The highest BCUT2D eigenvalue weighted by atomic mass is 16.7. The van der Waals surface area contributed by atoms with Crippen molar-refractivity contribution in [3.05, 3.63) is 53.4 Å². The zero-order valence-electron chi connectivity index (χ0n) is 26.6. The van der Waals surface area contributed by atoms with Gasteiger partial charge in [-0.3, -0.25) is 20.4 Å². The fourth-order valence-corrected chi connectivity index (χ4v) is 5.75. The summed E-state index contributed by atoms with van der Waals surface area (Å²) in [7, 11) is 1.71. The molecule has 2 N–H and O–H groups in total. The van der Waals surface area contributed by atoms with Crippen LogP contribution in [0.2, 0.25) is 0 Å². The van der Waals surface area contributed by atoms with Crippen molar-refractivity contribution in [2.45, 2.75) is 104 Å². The van der Waals surface area contributed by atoms with Crippen molar-refractivity contribution in [2.75, 3.05) is 13.6 Å². The van der Waals surface area contributed by atoms with Crippen molar-refractivity contribution in [3.8, 4) is 0 Å². The first-order valence-corrected chi connectivity index (χ1v) is 15.0. The molecule has 13 heteroatoms. The second kappa shape index (κ2) is 11.9. The molecule has 2 aliphatic heterocycles. The molecular weight excluding hydrogens is 568 g/mol. The van der Waals surface area contributed by atoms with Crippen molar-refractivity contribution >= 4 is 18.2 Å². The molecule has 3 aliphatic rings. The lowest BCUT2D eigenvalue weighted by Gasteiger charge is -2.35. The molecule has 4 amide bonds. The molecule has 1 saturated carbocycles. The van der Waals surface area contributed by atoms with E-state index in [0.717, 1.165) is 24.8 Å². The Morgan fingerprint density at radius 2 is 1.68 bits per heavy atom. The summed E-state index contributed by atoms with van der Waals surface area (Å²) in [5.74, 6) is 0.500. The van der Waals surface area contributed by atoms with Crippen LogP contribution < -0.4 is 10.6 Å². The lowest BCUT2D eigenvalue weighted by atomic mass is 9.84. The van der Waals surface area contributed by atoms with E-state index < -0.39 is 29.7 Å². The van der Waals surface area contributed by atoms with Crippen LogP contribution in [-0.2, 0) is 27.5 Å². The van der Waals surface area contributed by atoms with Crippen LogP contribution in [0, 0.1) is 5.41 Å². The SMILES string of the molecule is CN(Cc1cc([C@@H]2CC3(CC3)[C@H]3CN2C(=O)N3OCc2ccccc2)no1)C(NC(=O)OC(C)(C)C)NC(=O)OC(C)(C)C. The van der Waals surface area contributed by atoms with Gasteiger partial charge < -0.3 is 18.9 Å². The van der Waals surface area contributed by atoms with Gasteiger partial charge in [0.15, 0.2) is 12.0 Å². The van der Waals surface area contributed by atoms with Gasteiger partial charge in [0.25, 0.3) is 0 Å². The number of nitrogens with one attached hydrogen (secondary N) is 2. The molecule has 3 heterocycles. The minimum Gasteiger partial charge on any atom is -0.444 e. The van der Waals surface area contributed by atoms with Crippen molar-refractivity contribution in [1.82, 2.24) is 30.7 Å². The molecule has 2 aromatic rings. The van der Waals surface area contributed by atoms with Gasteiger partial charge in [-0.2, -0.15) is 5.06 Å². The summed E-state index contributed by atoms with van der Waals surface area (Å²) in [4.78, 5) is 48.3. The fraction of sp³-hybridized carbons (Fsp3) is 0.613. The maximum Gasteiger partial charge on any atom is 0.410 e. The van der Waals surface area contributed by atoms with Gasteiger partial charge in [0.05, 0.1) is 18.6 Å². The van der Waals surface area contributed by atoms with Gasteiger partial charge >= 0.3 is 18.2 Å². The summed E-state index contributed by atoms with van der Waals surface area (Å²) >= 11 is 0. The molecule has 240 valence electrons. The fourth-order valence-electron chi connectivity index (χ4n) is 5.75. The molecule has 1 aromatic carbocycles. The molecule has 1 aliphatic carbocycles. The monoisotopic (exact) mass is 612 g/mol. The van der Waals surface area contributed by atoms with E-state index >= 15 is 0 Å². The predicted molar refractivity (Wildman–Crippen MR) is 158 cm³/mol. The van der Waals surface area contributed by atoms with Crippen molar-refractivity contribution in [3.63, 3.8) is 0 Å². The van der Waals surface area contributed by atoms with Crippen LogP contribution in [-0.4, -0.2) is 75.4 Å². The Bertz CT molecular complexity index is 1320. The Hall–Kier alpha value is -3.84. The van der Waals surface area contributed by atoms with Crippen LogP contribution in [0.25, 0.3) is 0 Å². The number of ether oxygens (including phenoxy) is 2. The Morgan fingerprint density at radius 3 is 2.25 bits per heavy atom. The van der Waals surface area contributed by atoms with E-state index in [0.29, 0.717) is 24.6 Å². The third kappa shape index (κ3) is 7.44. The number of hydrogen-bond donors (Lipinski definition) is 2. The molecule has 0 unspecified atom stereocenters. The number of benzene rings is 1. The second-order valence-corrected chi connectivity index (χ2v) is 13.9. The zero-order chi connectivity index (χ0) is 31.9. The maximum absolute atomic E-state index is 13.5. The molecule has 1 aromatic heterocycles. The number of carbonyl (C=O) groups is 3. The van der Waals surface area contributed by atoms with Gasteiger partial charge in [-0.15, -0.1) is 0 Å². The van der Waals surface area contributed by atoms with Gasteiger partial charge in [-0.25, -0.2) is 14.4 Å². The molecule has 13 nitrogen and oxygen atoms in total. The highest BCUT2D eigenvalue weighted by Gasteiger charge is 2.63. The summed E-state index contributed by atoms with van der Waals surface area (Å²) in [6, 6.07) is 11.2. The van der Waals surface area contributed by atoms with Crippen LogP contribution in [0.15, 0.2) is 40.9 Å². The van der Waals surface area contributed by atoms with E-state index in [4.69, 9.17) is 18.8 Å². The molecule has 1 spiro atoms. The first-order valence-electron chi connectivity index (χ1n) is 15.0. The Balaban J connectivity index is 1.26. The summed E-state index contributed by atoms with van der Waals surface area (Å²) in [6.07, 6.45) is 0.446. The molecular formula is C31H44N6O7. The number of urea groups is 1. The van der Waals surface area contributed by atoms with Gasteiger partial charge in [-0.05, 0) is 78.8 Å². The molecule has 2 saturated heterocycles. The normalized spacial score (nSPS) is 20.8. The van der Waals surface area contributed by atoms with Gasteiger partial charge in [0.2, 0.25) is 0 Å². The number of aromatic nitrogens is 1. The van der Waals surface area contributed by atoms with E-state index in [1.807, 2.05) is 41.3 Å². The maximum atomic E-state index is 13.5. The summed E-state index contributed by atoms with van der Waals surface area (Å²) in [5.41, 5.74) is 0.204. The summed E-state index contributed by atoms with van der Waals surface area (Å²) < 4.78 is 16.5. The zero-order valence-corrected chi connectivity index (χ0v) is 26.6. The highest BCUT2D eigenvalue weighted by Crippen LogP contribution is 2.61. The highest BCUT2D eigenvalue weighted by molar-refractivity contribution is 5.77. The topological polar surface area (TPSA) is 139 Å². The number of alkyl carbamates (subject to hydrolysis) is 2. The summed E-state index contributed by atoms with van der Waals surface area (Å²) in [6.45, 7) is 11.6. The minimum absolute atomic E-state index is 0.000310. The van der Waals surface area contributed by atoms with E-state index in [1.165, 1.54) is 0 Å². The number of hydrogen-bond acceptors (Lipinski definition) is 9. The first-order chi connectivity index (χ1) is 20.6. The van der Waals surface area contributed by atoms with E-state index in [9.17, 15) is 14.4 Å². The van der Waals surface area contributed by atoms with Crippen LogP contribution in [0.4, 0.5) is 14.4 Å². The Morgan fingerprint density at radius 1 is 1.07 bits per heavy atom.